The van der Waals surface area contributed by atoms with Crippen molar-refractivity contribution in [2.75, 3.05) is 6.61 Å². The Hall–Kier alpha value is -2.33. The molecule has 0 spiro atoms. The summed E-state index contributed by atoms with van der Waals surface area (Å²) in [5.41, 5.74) is 1.06. The van der Waals surface area contributed by atoms with Gasteiger partial charge in [-0.25, -0.2) is 4.79 Å². The summed E-state index contributed by atoms with van der Waals surface area (Å²) in [5, 5.41) is 0.950. The summed E-state index contributed by atoms with van der Waals surface area (Å²) in [5.74, 6) is 0.287. The lowest BCUT2D eigenvalue weighted by atomic mass is 10.2. The molecular formula is C18H16O3S. The lowest BCUT2D eigenvalue weighted by Gasteiger charge is -2.08. The number of rotatable bonds is 5. The lowest BCUT2D eigenvalue weighted by molar-refractivity contribution is 0.0527. The molecule has 3 rings (SSSR count). The van der Waals surface area contributed by atoms with Gasteiger partial charge in [0.25, 0.3) is 0 Å². The second kappa shape index (κ2) is 6.62. The monoisotopic (exact) mass is 312 g/mol. The number of ether oxygens (including phenoxy) is 2. The zero-order valence-electron chi connectivity index (χ0n) is 12.2. The van der Waals surface area contributed by atoms with Crippen molar-refractivity contribution in [3.8, 4) is 5.75 Å². The molecule has 0 amide bonds. The number of hydrogen-bond acceptors (Lipinski definition) is 4. The third kappa shape index (κ3) is 2.97. The van der Waals surface area contributed by atoms with Crippen LogP contribution < -0.4 is 4.74 Å². The molecule has 0 saturated heterocycles. The summed E-state index contributed by atoms with van der Waals surface area (Å²) in [7, 11) is 0. The Bertz CT molecular complexity index is 777. The first-order valence-electron chi connectivity index (χ1n) is 7.15. The van der Waals surface area contributed by atoms with Gasteiger partial charge >= 0.3 is 5.97 Å². The van der Waals surface area contributed by atoms with Gasteiger partial charge < -0.3 is 9.47 Å². The highest BCUT2D eigenvalue weighted by atomic mass is 32.1. The highest BCUT2D eigenvalue weighted by molar-refractivity contribution is 7.21. The minimum atomic E-state index is -0.327. The second-order valence-electron chi connectivity index (χ2n) is 4.75. The van der Waals surface area contributed by atoms with Crippen molar-refractivity contribution in [3.63, 3.8) is 0 Å². The number of carbonyl (C=O) groups excluding carboxylic acids is 1. The maximum atomic E-state index is 12.2. The van der Waals surface area contributed by atoms with Crippen molar-refractivity contribution in [1.82, 2.24) is 0 Å². The van der Waals surface area contributed by atoms with Crippen LogP contribution in [0.15, 0.2) is 54.6 Å². The predicted octanol–water partition coefficient (Wildman–Crippen LogP) is 4.66. The molecule has 0 aliphatic rings. The molecule has 0 fully saturated rings. The zero-order valence-corrected chi connectivity index (χ0v) is 13.1. The Balaban J connectivity index is 1.95. The third-order valence-electron chi connectivity index (χ3n) is 3.24. The van der Waals surface area contributed by atoms with Gasteiger partial charge in [-0.3, -0.25) is 0 Å². The van der Waals surface area contributed by atoms with E-state index in [2.05, 4.69) is 0 Å². The summed E-state index contributed by atoms with van der Waals surface area (Å²) in [6, 6.07) is 17.7. The van der Waals surface area contributed by atoms with E-state index in [0.29, 0.717) is 23.8 Å². The molecule has 0 saturated carbocycles. The Morgan fingerprint density at radius 1 is 1.05 bits per heavy atom. The Morgan fingerprint density at radius 3 is 2.55 bits per heavy atom. The minimum absolute atomic E-state index is 0.327. The van der Waals surface area contributed by atoms with Crippen molar-refractivity contribution in [1.29, 1.82) is 0 Å². The van der Waals surface area contributed by atoms with Gasteiger partial charge in [-0.2, -0.15) is 0 Å². The Kier molecular flexibility index (Phi) is 4.39. The topological polar surface area (TPSA) is 35.5 Å². The lowest BCUT2D eigenvalue weighted by Crippen LogP contribution is -2.05. The zero-order chi connectivity index (χ0) is 15.4. The van der Waals surface area contributed by atoms with Crippen LogP contribution in [0.4, 0.5) is 0 Å². The number of carbonyl (C=O) groups is 1. The van der Waals surface area contributed by atoms with Crippen molar-refractivity contribution in [3.05, 3.63) is 65.0 Å². The molecule has 0 aliphatic carbocycles. The van der Waals surface area contributed by atoms with Gasteiger partial charge in [-0.1, -0.05) is 42.5 Å². The first-order chi connectivity index (χ1) is 10.8. The van der Waals surface area contributed by atoms with Crippen molar-refractivity contribution >= 4 is 27.4 Å². The standard InChI is InChI=1S/C18H16O3S/c1-2-20-18(19)17-16(14-10-6-7-11-15(14)22-17)21-12-13-8-4-3-5-9-13/h3-11H,2,12H2,1H3. The molecular weight excluding hydrogens is 296 g/mol. The smallest absolute Gasteiger partial charge is 0.352 e. The molecule has 22 heavy (non-hydrogen) atoms. The van der Waals surface area contributed by atoms with Crippen molar-refractivity contribution < 1.29 is 14.3 Å². The normalized spacial score (nSPS) is 10.6. The van der Waals surface area contributed by atoms with E-state index < -0.39 is 0 Å². The number of esters is 1. The van der Waals surface area contributed by atoms with Gasteiger partial charge in [0.2, 0.25) is 0 Å². The SMILES string of the molecule is CCOC(=O)c1sc2ccccc2c1OCc1ccccc1. The summed E-state index contributed by atoms with van der Waals surface area (Å²) in [4.78, 5) is 12.7. The fraction of sp³-hybridized carbons (Fsp3) is 0.167. The number of hydrogen-bond donors (Lipinski definition) is 0. The summed E-state index contributed by atoms with van der Waals surface area (Å²) < 4.78 is 12.1. The van der Waals surface area contributed by atoms with E-state index in [0.717, 1.165) is 15.6 Å². The van der Waals surface area contributed by atoms with E-state index in [9.17, 15) is 4.79 Å². The van der Waals surface area contributed by atoms with E-state index >= 15 is 0 Å². The van der Waals surface area contributed by atoms with Gasteiger partial charge in [0.05, 0.1) is 6.61 Å². The van der Waals surface area contributed by atoms with Crippen molar-refractivity contribution in [2.24, 2.45) is 0 Å². The summed E-state index contributed by atoms with van der Waals surface area (Å²) in [6.45, 7) is 2.58. The molecule has 0 aliphatic heterocycles. The van der Waals surface area contributed by atoms with Crippen LogP contribution in [-0.4, -0.2) is 12.6 Å². The molecule has 1 aromatic heterocycles. The molecule has 3 nitrogen and oxygen atoms in total. The highest BCUT2D eigenvalue weighted by Crippen LogP contribution is 2.38. The fourth-order valence-corrected chi connectivity index (χ4v) is 3.27. The van der Waals surface area contributed by atoms with Crippen LogP contribution in [0.2, 0.25) is 0 Å². The third-order valence-corrected chi connectivity index (χ3v) is 4.37. The van der Waals surface area contributed by atoms with Gasteiger partial charge in [0, 0.05) is 10.1 Å². The van der Waals surface area contributed by atoms with E-state index in [-0.39, 0.29) is 5.97 Å². The van der Waals surface area contributed by atoms with Gasteiger partial charge in [0.15, 0.2) is 10.6 Å². The van der Waals surface area contributed by atoms with E-state index in [1.807, 2.05) is 54.6 Å². The number of benzene rings is 2. The predicted molar refractivity (Wildman–Crippen MR) is 88.6 cm³/mol. The Labute approximate surface area is 133 Å². The van der Waals surface area contributed by atoms with Gasteiger partial charge in [0.1, 0.15) is 6.61 Å². The maximum absolute atomic E-state index is 12.2. The van der Waals surface area contributed by atoms with E-state index in [4.69, 9.17) is 9.47 Å². The summed E-state index contributed by atoms with van der Waals surface area (Å²) >= 11 is 1.41. The van der Waals surface area contributed by atoms with Crippen LogP contribution in [0.5, 0.6) is 5.75 Å². The molecule has 0 unspecified atom stereocenters. The second-order valence-corrected chi connectivity index (χ2v) is 5.80. The van der Waals surface area contributed by atoms with Crippen LogP contribution in [0.1, 0.15) is 22.2 Å². The average molecular weight is 312 g/mol. The van der Waals surface area contributed by atoms with Gasteiger partial charge in [-0.05, 0) is 24.6 Å². The maximum Gasteiger partial charge on any atom is 0.352 e. The van der Waals surface area contributed by atoms with Crippen LogP contribution in [-0.2, 0) is 11.3 Å². The van der Waals surface area contributed by atoms with Crippen LogP contribution in [0, 0.1) is 0 Å². The molecule has 0 radical (unpaired) electrons. The number of fused-ring (bicyclic) bond motifs is 1. The molecule has 0 atom stereocenters. The van der Waals surface area contributed by atoms with Crippen LogP contribution in [0.25, 0.3) is 10.1 Å². The molecule has 0 N–H and O–H groups in total. The number of thiophene rings is 1. The minimum Gasteiger partial charge on any atom is -0.486 e. The molecule has 0 bridgehead atoms. The average Bonchev–Trinajstić information content (AvgIpc) is 2.93. The molecule has 3 aromatic rings. The quantitative estimate of drug-likeness (QED) is 0.643. The first-order valence-corrected chi connectivity index (χ1v) is 7.96. The fourth-order valence-electron chi connectivity index (χ4n) is 2.23. The van der Waals surface area contributed by atoms with E-state index in [1.54, 1.807) is 6.92 Å². The Morgan fingerprint density at radius 2 is 1.77 bits per heavy atom. The molecule has 4 heteroatoms. The highest BCUT2D eigenvalue weighted by Gasteiger charge is 2.20. The van der Waals surface area contributed by atoms with E-state index in [1.165, 1.54) is 11.3 Å². The summed E-state index contributed by atoms with van der Waals surface area (Å²) in [6.07, 6.45) is 0. The molecule has 2 aromatic carbocycles. The largest absolute Gasteiger partial charge is 0.486 e. The van der Waals surface area contributed by atoms with Crippen LogP contribution in [0.3, 0.4) is 0 Å². The van der Waals surface area contributed by atoms with Crippen LogP contribution >= 0.6 is 11.3 Å². The molecule has 1 heterocycles. The molecule has 112 valence electrons. The first kappa shape index (κ1) is 14.6. The van der Waals surface area contributed by atoms with Gasteiger partial charge in [-0.15, -0.1) is 11.3 Å². The van der Waals surface area contributed by atoms with Crippen molar-refractivity contribution in [2.45, 2.75) is 13.5 Å².